The van der Waals surface area contributed by atoms with Gasteiger partial charge in [-0.25, -0.2) is 0 Å². The molecule has 1 aromatic heterocycles. The molecule has 1 fully saturated rings. The number of hydrogen-bond donors (Lipinski definition) is 1. The van der Waals surface area contributed by atoms with Gasteiger partial charge in [-0.2, -0.15) is 22.5 Å². The Labute approximate surface area is 130 Å². The molecule has 0 saturated carbocycles. The predicted molar refractivity (Wildman–Crippen MR) is 73.8 cm³/mol. The molecule has 1 aliphatic heterocycles. The number of carbonyl (C=O) groups excluding carboxylic acids is 1. The first-order chi connectivity index (χ1) is 10.9. The molecular weight excluding hydrogens is 318 g/mol. The molecule has 1 amide bonds. The number of halogens is 4. The standard InChI is InChI=1S/C14H17F4N3O2/c1-23-7-4-9(22)21-5-2-8(3-6-21)19-12-10(15)13(17)20-14(18)11(12)16/h8H,2-7H2,1H3,(H,19,20). The summed E-state index contributed by atoms with van der Waals surface area (Å²) in [6, 6.07) is -0.397. The van der Waals surface area contributed by atoms with E-state index in [2.05, 4.69) is 10.3 Å². The van der Waals surface area contributed by atoms with Crippen LogP contribution in [-0.4, -0.2) is 48.6 Å². The number of amides is 1. The molecule has 0 aromatic carbocycles. The fourth-order valence-corrected chi connectivity index (χ4v) is 2.44. The second-order valence-corrected chi connectivity index (χ2v) is 5.24. The first kappa shape index (κ1) is 17.5. The zero-order chi connectivity index (χ0) is 17.0. The third-order valence-corrected chi connectivity index (χ3v) is 3.71. The maximum absolute atomic E-state index is 13.6. The molecule has 2 heterocycles. The quantitative estimate of drug-likeness (QED) is 0.661. The minimum atomic E-state index is -1.70. The molecule has 0 atom stereocenters. The number of hydrogen-bond acceptors (Lipinski definition) is 4. The average Bonchev–Trinajstić information content (AvgIpc) is 2.55. The SMILES string of the molecule is COCCC(=O)N1CCC(Nc2c(F)c(F)nc(F)c2F)CC1. The van der Waals surface area contributed by atoms with Crippen molar-refractivity contribution in [3.8, 4) is 0 Å². The van der Waals surface area contributed by atoms with Gasteiger partial charge < -0.3 is 15.0 Å². The lowest BCUT2D eigenvalue weighted by Gasteiger charge is -2.33. The molecule has 0 unspecified atom stereocenters. The number of rotatable bonds is 5. The van der Waals surface area contributed by atoms with Crippen LogP contribution in [0.2, 0.25) is 0 Å². The van der Waals surface area contributed by atoms with Crippen molar-refractivity contribution in [1.29, 1.82) is 0 Å². The van der Waals surface area contributed by atoms with Gasteiger partial charge in [0.25, 0.3) is 11.9 Å². The van der Waals surface area contributed by atoms with E-state index < -0.39 is 35.3 Å². The second-order valence-electron chi connectivity index (χ2n) is 5.24. The van der Waals surface area contributed by atoms with Gasteiger partial charge in [-0.05, 0) is 12.8 Å². The van der Waals surface area contributed by atoms with E-state index in [9.17, 15) is 22.4 Å². The van der Waals surface area contributed by atoms with Crippen LogP contribution in [0.5, 0.6) is 0 Å². The third-order valence-electron chi connectivity index (χ3n) is 3.71. The van der Waals surface area contributed by atoms with Crippen LogP contribution < -0.4 is 5.32 Å². The largest absolute Gasteiger partial charge is 0.384 e. The van der Waals surface area contributed by atoms with Crippen molar-refractivity contribution in [2.24, 2.45) is 0 Å². The molecule has 1 aromatic rings. The van der Waals surface area contributed by atoms with Crippen molar-refractivity contribution in [3.05, 3.63) is 23.5 Å². The van der Waals surface area contributed by atoms with Crippen LogP contribution >= 0.6 is 0 Å². The molecule has 0 aliphatic carbocycles. The highest BCUT2D eigenvalue weighted by Crippen LogP contribution is 2.25. The van der Waals surface area contributed by atoms with Crippen molar-refractivity contribution in [2.45, 2.75) is 25.3 Å². The molecule has 2 rings (SSSR count). The normalized spacial score (nSPS) is 15.8. The van der Waals surface area contributed by atoms with Crippen LogP contribution in [0, 0.1) is 23.5 Å². The van der Waals surface area contributed by atoms with E-state index in [0.29, 0.717) is 32.5 Å². The lowest BCUT2D eigenvalue weighted by molar-refractivity contribution is -0.133. The molecule has 128 valence electrons. The zero-order valence-corrected chi connectivity index (χ0v) is 12.5. The first-order valence-electron chi connectivity index (χ1n) is 7.17. The molecule has 23 heavy (non-hydrogen) atoms. The van der Waals surface area contributed by atoms with Crippen molar-refractivity contribution in [1.82, 2.24) is 9.88 Å². The van der Waals surface area contributed by atoms with Crippen LogP contribution in [0.25, 0.3) is 0 Å². The van der Waals surface area contributed by atoms with Crippen LogP contribution in [0.15, 0.2) is 0 Å². The van der Waals surface area contributed by atoms with Gasteiger partial charge in [-0.1, -0.05) is 0 Å². The maximum Gasteiger partial charge on any atom is 0.253 e. The summed E-state index contributed by atoms with van der Waals surface area (Å²) in [7, 11) is 1.50. The lowest BCUT2D eigenvalue weighted by Crippen LogP contribution is -2.42. The lowest BCUT2D eigenvalue weighted by atomic mass is 10.0. The molecule has 9 heteroatoms. The fraction of sp³-hybridized carbons (Fsp3) is 0.571. The first-order valence-corrected chi connectivity index (χ1v) is 7.17. The Balaban J connectivity index is 1.96. The number of methoxy groups -OCH3 is 1. The van der Waals surface area contributed by atoms with E-state index in [1.807, 2.05) is 0 Å². The number of nitrogens with one attached hydrogen (secondary N) is 1. The summed E-state index contributed by atoms with van der Waals surface area (Å²) in [4.78, 5) is 15.9. The van der Waals surface area contributed by atoms with Gasteiger partial charge in [-0.15, -0.1) is 0 Å². The Kier molecular flexibility index (Phi) is 5.75. The summed E-state index contributed by atoms with van der Waals surface area (Å²) in [6.45, 7) is 1.10. The Hall–Kier alpha value is -1.90. The smallest absolute Gasteiger partial charge is 0.253 e. The van der Waals surface area contributed by atoms with Gasteiger partial charge >= 0.3 is 0 Å². The summed E-state index contributed by atoms with van der Waals surface area (Å²) in [5.41, 5.74) is -0.862. The van der Waals surface area contributed by atoms with Crippen molar-refractivity contribution < 1.29 is 27.1 Å². The van der Waals surface area contributed by atoms with Crippen molar-refractivity contribution in [3.63, 3.8) is 0 Å². The highest BCUT2D eigenvalue weighted by Gasteiger charge is 2.26. The summed E-state index contributed by atoms with van der Waals surface area (Å²) in [5, 5.41) is 2.47. The number of ether oxygens (including phenoxy) is 1. The Morgan fingerprint density at radius 2 is 1.78 bits per heavy atom. The van der Waals surface area contributed by atoms with E-state index in [1.165, 1.54) is 7.11 Å². The van der Waals surface area contributed by atoms with E-state index in [0.717, 1.165) is 0 Å². The van der Waals surface area contributed by atoms with E-state index in [4.69, 9.17) is 4.74 Å². The van der Waals surface area contributed by atoms with Crippen LogP contribution in [-0.2, 0) is 9.53 Å². The van der Waals surface area contributed by atoms with Gasteiger partial charge in [-0.3, -0.25) is 4.79 Å². The number of nitrogens with zero attached hydrogens (tertiary/aromatic N) is 2. The summed E-state index contributed by atoms with van der Waals surface area (Å²) >= 11 is 0. The second kappa shape index (κ2) is 7.58. The highest BCUT2D eigenvalue weighted by molar-refractivity contribution is 5.76. The number of anilines is 1. The molecule has 1 N–H and O–H groups in total. The number of likely N-dealkylation sites (tertiary alicyclic amines) is 1. The Morgan fingerprint density at radius 1 is 1.22 bits per heavy atom. The van der Waals surface area contributed by atoms with Crippen molar-refractivity contribution >= 4 is 11.6 Å². The van der Waals surface area contributed by atoms with Crippen molar-refractivity contribution in [2.75, 3.05) is 32.1 Å². The topological polar surface area (TPSA) is 54.5 Å². The van der Waals surface area contributed by atoms with E-state index in [1.54, 1.807) is 4.90 Å². The highest BCUT2D eigenvalue weighted by atomic mass is 19.2. The number of carbonyl (C=O) groups is 1. The number of piperidine rings is 1. The van der Waals surface area contributed by atoms with Crippen LogP contribution in [0.4, 0.5) is 23.2 Å². The van der Waals surface area contributed by atoms with E-state index in [-0.39, 0.29) is 12.3 Å². The molecule has 0 bridgehead atoms. The molecule has 0 radical (unpaired) electrons. The maximum atomic E-state index is 13.6. The molecule has 1 saturated heterocycles. The molecule has 5 nitrogen and oxygen atoms in total. The monoisotopic (exact) mass is 335 g/mol. The summed E-state index contributed by atoms with van der Waals surface area (Å²) in [6.07, 6.45) is 1.07. The van der Waals surface area contributed by atoms with Crippen LogP contribution in [0.3, 0.4) is 0 Å². The van der Waals surface area contributed by atoms with Gasteiger partial charge in [0.2, 0.25) is 17.5 Å². The molecule has 1 aliphatic rings. The molecular formula is C14H17F4N3O2. The number of aromatic nitrogens is 1. The predicted octanol–water partition coefficient (Wildman–Crippen LogP) is 2.08. The van der Waals surface area contributed by atoms with E-state index >= 15 is 0 Å². The number of pyridine rings is 1. The zero-order valence-electron chi connectivity index (χ0n) is 12.5. The fourth-order valence-electron chi connectivity index (χ4n) is 2.44. The Morgan fingerprint density at radius 3 is 2.30 bits per heavy atom. The summed E-state index contributed by atoms with van der Waals surface area (Å²) < 4.78 is 58.1. The minimum absolute atomic E-state index is 0.0661. The minimum Gasteiger partial charge on any atom is -0.384 e. The van der Waals surface area contributed by atoms with Gasteiger partial charge in [0.05, 0.1) is 13.0 Å². The molecule has 0 spiro atoms. The summed E-state index contributed by atoms with van der Waals surface area (Å²) in [5.74, 6) is -6.56. The van der Waals surface area contributed by atoms with Gasteiger partial charge in [0.1, 0.15) is 5.69 Å². The van der Waals surface area contributed by atoms with Crippen LogP contribution in [0.1, 0.15) is 19.3 Å². The van der Waals surface area contributed by atoms with Gasteiger partial charge in [0.15, 0.2) is 0 Å². The Bertz CT molecular complexity index is 551. The average molecular weight is 335 g/mol. The van der Waals surface area contributed by atoms with Gasteiger partial charge in [0, 0.05) is 26.2 Å². The third kappa shape index (κ3) is 4.10.